The van der Waals surface area contributed by atoms with Crippen LogP contribution in [-0.2, 0) is 4.79 Å². The van der Waals surface area contributed by atoms with Gasteiger partial charge in [0.25, 0.3) is 5.91 Å². The molecule has 6 heteroatoms. The topological polar surface area (TPSA) is 75.5 Å². The Morgan fingerprint density at radius 1 is 1.10 bits per heavy atom. The Morgan fingerprint density at radius 3 is 2.63 bits per heavy atom. The van der Waals surface area contributed by atoms with Crippen molar-refractivity contribution in [2.24, 2.45) is 0 Å². The zero-order chi connectivity index (χ0) is 20.8. The number of nitrogens with zero attached hydrogens (tertiary/aromatic N) is 3. The van der Waals surface area contributed by atoms with Crippen LogP contribution in [0.25, 0.3) is 11.1 Å². The summed E-state index contributed by atoms with van der Waals surface area (Å²) in [6, 6.07) is 23.1. The van der Waals surface area contributed by atoms with Crippen molar-refractivity contribution in [3.05, 3.63) is 78.5 Å². The molecule has 1 aliphatic heterocycles. The van der Waals surface area contributed by atoms with Crippen LogP contribution in [0.5, 0.6) is 11.6 Å². The normalized spacial score (nSPS) is 15.4. The van der Waals surface area contributed by atoms with Crippen molar-refractivity contribution < 1.29 is 14.3 Å². The minimum absolute atomic E-state index is 0.0143. The number of amides is 1. The molecular weight excluding hydrogens is 378 g/mol. The second kappa shape index (κ2) is 9.10. The van der Waals surface area contributed by atoms with E-state index in [-0.39, 0.29) is 18.6 Å². The summed E-state index contributed by atoms with van der Waals surface area (Å²) in [5.74, 6) is 0.989. The van der Waals surface area contributed by atoms with Crippen molar-refractivity contribution >= 4 is 5.91 Å². The molecule has 0 bridgehead atoms. The first-order valence-corrected chi connectivity index (χ1v) is 9.80. The van der Waals surface area contributed by atoms with E-state index in [2.05, 4.69) is 23.2 Å². The van der Waals surface area contributed by atoms with Gasteiger partial charge in [0.15, 0.2) is 6.61 Å². The number of carbonyl (C=O) groups excluding carboxylic acids is 1. The average molecular weight is 399 g/mol. The number of rotatable bonds is 6. The lowest BCUT2D eigenvalue weighted by molar-refractivity contribution is -0.132. The van der Waals surface area contributed by atoms with Crippen LogP contribution in [0.15, 0.2) is 72.9 Å². The molecule has 1 aromatic heterocycles. The molecule has 6 nitrogen and oxygen atoms in total. The molecule has 4 rings (SSSR count). The highest BCUT2D eigenvalue weighted by Crippen LogP contribution is 2.22. The van der Waals surface area contributed by atoms with Gasteiger partial charge in [0.2, 0.25) is 5.88 Å². The van der Waals surface area contributed by atoms with Gasteiger partial charge in [-0.3, -0.25) is 4.79 Å². The van der Waals surface area contributed by atoms with Crippen LogP contribution >= 0.6 is 0 Å². The van der Waals surface area contributed by atoms with Crippen LogP contribution in [0.3, 0.4) is 0 Å². The summed E-state index contributed by atoms with van der Waals surface area (Å²) in [7, 11) is 0. The van der Waals surface area contributed by atoms with Gasteiger partial charge in [0.05, 0.1) is 18.2 Å². The van der Waals surface area contributed by atoms with Crippen LogP contribution in [0.2, 0.25) is 0 Å². The summed E-state index contributed by atoms with van der Waals surface area (Å²) in [6.07, 6.45) is 2.12. The molecule has 30 heavy (non-hydrogen) atoms. The lowest BCUT2D eigenvalue weighted by Crippen LogP contribution is -2.34. The fourth-order valence-electron chi connectivity index (χ4n) is 3.38. The molecule has 1 fully saturated rings. The monoisotopic (exact) mass is 399 g/mol. The zero-order valence-electron chi connectivity index (χ0n) is 16.4. The summed E-state index contributed by atoms with van der Waals surface area (Å²) in [5, 5.41) is 8.96. The lowest BCUT2D eigenvalue weighted by Gasteiger charge is -2.17. The highest BCUT2D eigenvalue weighted by atomic mass is 16.5. The number of hydrogen-bond acceptors (Lipinski definition) is 5. The van der Waals surface area contributed by atoms with E-state index in [0.717, 1.165) is 17.5 Å². The summed E-state index contributed by atoms with van der Waals surface area (Å²) < 4.78 is 11.5. The molecular formula is C24H21N3O3. The van der Waals surface area contributed by atoms with Crippen molar-refractivity contribution in [2.75, 3.05) is 19.7 Å². The van der Waals surface area contributed by atoms with E-state index in [1.54, 1.807) is 23.2 Å². The molecule has 0 aliphatic carbocycles. The van der Waals surface area contributed by atoms with Gasteiger partial charge in [-0.25, -0.2) is 4.98 Å². The van der Waals surface area contributed by atoms with Gasteiger partial charge >= 0.3 is 0 Å². The van der Waals surface area contributed by atoms with E-state index in [4.69, 9.17) is 14.7 Å². The van der Waals surface area contributed by atoms with Crippen molar-refractivity contribution in [1.82, 2.24) is 9.88 Å². The van der Waals surface area contributed by atoms with E-state index < -0.39 is 0 Å². The summed E-state index contributed by atoms with van der Waals surface area (Å²) in [5.41, 5.74) is 2.73. The van der Waals surface area contributed by atoms with Crippen LogP contribution in [0.1, 0.15) is 12.0 Å². The minimum atomic E-state index is -0.138. The maximum Gasteiger partial charge on any atom is 0.260 e. The largest absolute Gasteiger partial charge is 0.484 e. The van der Waals surface area contributed by atoms with Crippen molar-refractivity contribution in [1.29, 1.82) is 5.26 Å². The molecule has 1 atom stereocenters. The van der Waals surface area contributed by atoms with Gasteiger partial charge < -0.3 is 14.4 Å². The SMILES string of the molecule is N#Cc1ccnc(OC2CCN(C(=O)COc3ccc(-c4ccccc4)cc3)C2)c1. The predicted octanol–water partition coefficient (Wildman–Crippen LogP) is 3.68. The third kappa shape index (κ3) is 4.76. The van der Waals surface area contributed by atoms with Crippen molar-refractivity contribution in [3.63, 3.8) is 0 Å². The Labute approximate surface area is 175 Å². The number of hydrogen-bond donors (Lipinski definition) is 0. The van der Waals surface area contributed by atoms with E-state index in [0.29, 0.717) is 30.3 Å². The number of carbonyl (C=O) groups is 1. The Hall–Kier alpha value is -3.85. The summed E-state index contributed by atoms with van der Waals surface area (Å²) in [4.78, 5) is 18.3. The van der Waals surface area contributed by atoms with Crippen molar-refractivity contribution in [2.45, 2.75) is 12.5 Å². The van der Waals surface area contributed by atoms with Gasteiger partial charge in [0, 0.05) is 25.2 Å². The van der Waals surface area contributed by atoms with E-state index in [1.165, 1.54) is 0 Å². The molecule has 0 radical (unpaired) electrons. The van der Waals surface area contributed by atoms with Gasteiger partial charge in [-0.05, 0) is 29.3 Å². The lowest BCUT2D eigenvalue weighted by atomic mass is 10.1. The molecule has 150 valence electrons. The first-order chi connectivity index (χ1) is 14.7. The number of likely N-dealkylation sites (tertiary alicyclic amines) is 1. The Kier molecular flexibility index (Phi) is 5.90. The minimum Gasteiger partial charge on any atom is -0.484 e. The summed E-state index contributed by atoms with van der Waals surface area (Å²) >= 11 is 0. The quantitative estimate of drug-likeness (QED) is 0.632. The Morgan fingerprint density at radius 2 is 1.87 bits per heavy atom. The van der Waals surface area contributed by atoms with Crippen LogP contribution in [0, 0.1) is 11.3 Å². The fraction of sp³-hybridized carbons (Fsp3) is 0.208. The van der Waals surface area contributed by atoms with E-state index in [9.17, 15) is 4.79 Å². The first-order valence-electron chi connectivity index (χ1n) is 9.80. The predicted molar refractivity (Wildman–Crippen MR) is 112 cm³/mol. The van der Waals surface area contributed by atoms with Crippen LogP contribution in [0.4, 0.5) is 0 Å². The molecule has 3 aromatic rings. The third-order valence-corrected chi connectivity index (χ3v) is 4.97. The van der Waals surface area contributed by atoms with Crippen LogP contribution in [-0.4, -0.2) is 41.6 Å². The molecule has 2 aromatic carbocycles. The zero-order valence-corrected chi connectivity index (χ0v) is 16.4. The van der Waals surface area contributed by atoms with Gasteiger partial charge in [0.1, 0.15) is 11.9 Å². The number of nitriles is 1. The Bertz CT molecular complexity index is 1050. The maximum atomic E-state index is 12.5. The second-order valence-corrected chi connectivity index (χ2v) is 7.04. The van der Waals surface area contributed by atoms with Crippen molar-refractivity contribution in [3.8, 4) is 28.8 Å². The molecule has 2 heterocycles. The highest BCUT2D eigenvalue weighted by molar-refractivity contribution is 5.78. The molecule has 1 amide bonds. The fourth-order valence-corrected chi connectivity index (χ4v) is 3.38. The molecule has 0 spiro atoms. The maximum absolute atomic E-state index is 12.5. The molecule has 1 saturated heterocycles. The van der Waals surface area contributed by atoms with E-state index in [1.807, 2.05) is 42.5 Å². The molecule has 0 saturated carbocycles. The summed E-state index contributed by atoms with van der Waals surface area (Å²) in [6.45, 7) is 1.07. The molecule has 1 unspecified atom stereocenters. The number of ether oxygens (including phenoxy) is 2. The second-order valence-electron chi connectivity index (χ2n) is 7.04. The highest BCUT2D eigenvalue weighted by Gasteiger charge is 2.28. The van der Waals surface area contributed by atoms with E-state index >= 15 is 0 Å². The van der Waals surface area contributed by atoms with Crippen LogP contribution < -0.4 is 9.47 Å². The first kappa shape index (κ1) is 19.5. The standard InChI is InChI=1S/C24H21N3O3/c25-15-18-10-12-26-23(14-18)30-22-11-13-27(16-22)24(28)17-29-21-8-6-20(7-9-21)19-4-2-1-3-5-19/h1-10,12,14,22H,11,13,16-17H2. The van der Waals surface area contributed by atoms with Gasteiger partial charge in [-0.1, -0.05) is 42.5 Å². The average Bonchev–Trinajstić information content (AvgIpc) is 3.27. The van der Waals surface area contributed by atoms with Gasteiger partial charge in [-0.15, -0.1) is 0 Å². The smallest absolute Gasteiger partial charge is 0.260 e. The van der Waals surface area contributed by atoms with Gasteiger partial charge in [-0.2, -0.15) is 5.26 Å². The number of benzene rings is 2. The number of aromatic nitrogens is 1. The number of pyridine rings is 1. The molecule has 1 aliphatic rings. The third-order valence-electron chi connectivity index (χ3n) is 4.97. The Balaban J connectivity index is 1.27. The molecule has 0 N–H and O–H groups in total.